The third-order valence-corrected chi connectivity index (χ3v) is 2.51. The van der Waals surface area contributed by atoms with Crippen molar-refractivity contribution in [3.8, 4) is 0 Å². The largest absolute Gasteiger partial charge is 0.349 e. The first-order valence-corrected chi connectivity index (χ1v) is 4.98. The first-order chi connectivity index (χ1) is 5.61. The number of benzene rings is 1. The highest BCUT2D eigenvalue weighted by atomic mass is 35.5. The van der Waals surface area contributed by atoms with Gasteiger partial charge in [-0.2, -0.15) is 0 Å². The van der Waals surface area contributed by atoms with Gasteiger partial charge in [-0.25, -0.2) is 0 Å². The minimum Gasteiger partial charge on any atom is -0.349 e. The Kier molecular flexibility index (Phi) is 3.44. The molecule has 1 unspecified atom stereocenters. The van der Waals surface area contributed by atoms with Gasteiger partial charge >= 0.3 is 0 Å². The van der Waals surface area contributed by atoms with E-state index in [2.05, 4.69) is 0 Å². The van der Waals surface area contributed by atoms with E-state index in [1.165, 1.54) is 0 Å². The lowest BCUT2D eigenvalue weighted by Gasteiger charge is -2.12. The predicted octanol–water partition coefficient (Wildman–Crippen LogP) is 1.59. The third kappa shape index (κ3) is 2.41. The summed E-state index contributed by atoms with van der Waals surface area (Å²) in [6.45, 7) is 0. The van der Waals surface area contributed by atoms with Crippen LogP contribution in [0.15, 0.2) is 24.3 Å². The second-order valence-corrected chi connectivity index (χ2v) is 3.95. The van der Waals surface area contributed by atoms with Gasteiger partial charge in [0.15, 0.2) is 8.38 Å². The van der Waals surface area contributed by atoms with Crippen LogP contribution in [0.5, 0.6) is 0 Å². The SMILES string of the molecule is NC(c1ccc(Cl)cc1)P(O)O. The molecule has 1 aromatic rings. The van der Waals surface area contributed by atoms with E-state index < -0.39 is 14.2 Å². The molecule has 0 heterocycles. The van der Waals surface area contributed by atoms with Gasteiger partial charge in [-0.3, -0.25) is 0 Å². The van der Waals surface area contributed by atoms with Crippen molar-refractivity contribution in [2.45, 2.75) is 5.78 Å². The second-order valence-electron chi connectivity index (χ2n) is 2.32. The number of hydrogen-bond acceptors (Lipinski definition) is 3. The topological polar surface area (TPSA) is 66.5 Å². The number of rotatable bonds is 2. The zero-order chi connectivity index (χ0) is 9.14. The van der Waals surface area contributed by atoms with Gasteiger partial charge in [-0.05, 0) is 17.7 Å². The van der Waals surface area contributed by atoms with E-state index in [-0.39, 0.29) is 0 Å². The maximum atomic E-state index is 8.81. The molecule has 0 aliphatic carbocycles. The normalized spacial score (nSPS) is 13.4. The standard InChI is InChI=1S/C7H9ClNO2P/c8-6-3-1-5(2-4-6)7(9)12(10)11/h1-4,7,10-11H,9H2. The highest BCUT2D eigenvalue weighted by Crippen LogP contribution is 2.39. The van der Waals surface area contributed by atoms with Crippen molar-refractivity contribution in [2.24, 2.45) is 5.73 Å². The fraction of sp³-hybridized carbons (Fsp3) is 0.143. The number of halogens is 1. The molecule has 0 saturated heterocycles. The smallest absolute Gasteiger partial charge is 0.187 e. The summed E-state index contributed by atoms with van der Waals surface area (Å²) in [6, 6.07) is 6.68. The van der Waals surface area contributed by atoms with E-state index in [0.717, 1.165) is 0 Å². The summed E-state index contributed by atoms with van der Waals surface area (Å²) in [6.07, 6.45) is 0. The van der Waals surface area contributed by atoms with E-state index in [4.69, 9.17) is 27.1 Å². The maximum Gasteiger partial charge on any atom is 0.187 e. The van der Waals surface area contributed by atoms with E-state index >= 15 is 0 Å². The minimum atomic E-state index is -2.11. The molecule has 0 aliphatic rings. The quantitative estimate of drug-likeness (QED) is 0.643. The summed E-state index contributed by atoms with van der Waals surface area (Å²) >= 11 is 5.64. The predicted molar refractivity (Wildman–Crippen MR) is 49.7 cm³/mol. The molecule has 0 radical (unpaired) electrons. The molecule has 0 saturated carbocycles. The molecule has 12 heavy (non-hydrogen) atoms. The van der Waals surface area contributed by atoms with Gasteiger partial charge in [0.1, 0.15) is 5.78 Å². The molecule has 1 rings (SSSR count). The fourth-order valence-electron chi connectivity index (χ4n) is 0.793. The first-order valence-electron chi connectivity index (χ1n) is 3.29. The van der Waals surface area contributed by atoms with Gasteiger partial charge in [-0.1, -0.05) is 23.7 Å². The summed E-state index contributed by atoms with van der Waals surface area (Å²) in [5, 5.41) is 0.603. The molecule has 0 aromatic heterocycles. The second kappa shape index (κ2) is 4.17. The number of nitrogens with two attached hydrogens (primary N) is 1. The van der Waals surface area contributed by atoms with Gasteiger partial charge in [0.2, 0.25) is 0 Å². The summed E-state index contributed by atoms with van der Waals surface area (Å²) in [5.41, 5.74) is 6.15. The van der Waals surface area contributed by atoms with Crippen LogP contribution >= 0.6 is 20.0 Å². The van der Waals surface area contributed by atoms with Gasteiger partial charge in [0.25, 0.3) is 0 Å². The van der Waals surface area contributed by atoms with Crippen LogP contribution in [0.4, 0.5) is 0 Å². The van der Waals surface area contributed by atoms with Crippen LogP contribution < -0.4 is 5.73 Å². The molecule has 3 nitrogen and oxygen atoms in total. The van der Waals surface area contributed by atoms with E-state index in [1.54, 1.807) is 24.3 Å². The molecular formula is C7H9ClNO2P. The molecule has 0 spiro atoms. The van der Waals surface area contributed by atoms with E-state index in [1.807, 2.05) is 0 Å². The average Bonchev–Trinajstić information content (AvgIpc) is 2.04. The van der Waals surface area contributed by atoms with Crippen molar-refractivity contribution in [3.05, 3.63) is 34.9 Å². The lowest BCUT2D eigenvalue weighted by molar-refractivity contribution is 0.467. The van der Waals surface area contributed by atoms with Crippen molar-refractivity contribution in [1.29, 1.82) is 0 Å². The highest BCUT2D eigenvalue weighted by Gasteiger charge is 2.13. The van der Waals surface area contributed by atoms with Gasteiger partial charge < -0.3 is 15.5 Å². The summed E-state index contributed by atoms with van der Waals surface area (Å²) in [5.74, 6) is -0.711. The fourth-order valence-corrected chi connectivity index (χ4v) is 1.36. The van der Waals surface area contributed by atoms with Crippen molar-refractivity contribution < 1.29 is 9.79 Å². The molecule has 0 amide bonds. The Bertz CT molecular complexity index is 252. The van der Waals surface area contributed by atoms with Crippen LogP contribution in [-0.2, 0) is 0 Å². The molecule has 0 bridgehead atoms. The van der Waals surface area contributed by atoms with Crippen molar-refractivity contribution in [1.82, 2.24) is 0 Å². The zero-order valence-corrected chi connectivity index (χ0v) is 7.83. The summed E-state index contributed by atoms with van der Waals surface area (Å²) < 4.78 is 0. The molecule has 66 valence electrons. The number of hydrogen-bond donors (Lipinski definition) is 3. The van der Waals surface area contributed by atoms with Gasteiger partial charge in [0.05, 0.1) is 0 Å². The summed E-state index contributed by atoms with van der Waals surface area (Å²) in [7, 11) is -2.11. The Morgan fingerprint density at radius 2 is 1.75 bits per heavy atom. The Balaban J connectivity index is 2.82. The van der Waals surface area contributed by atoms with E-state index in [0.29, 0.717) is 10.6 Å². The molecule has 1 atom stereocenters. The van der Waals surface area contributed by atoms with Crippen LogP contribution in [0.2, 0.25) is 5.02 Å². The highest BCUT2D eigenvalue weighted by molar-refractivity contribution is 7.45. The average molecular weight is 206 g/mol. The van der Waals surface area contributed by atoms with Crippen LogP contribution in [0.25, 0.3) is 0 Å². The Morgan fingerprint density at radius 1 is 1.25 bits per heavy atom. The molecule has 5 heteroatoms. The van der Waals surface area contributed by atoms with Crippen LogP contribution in [-0.4, -0.2) is 9.79 Å². The lowest BCUT2D eigenvalue weighted by Crippen LogP contribution is -2.07. The third-order valence-electron chi connectivity index (χ3n) is 1.46. The maximum absolute atomic E-state index is 8.81. The molecule has 0 fully saturated rings. The molecular weight excluding hydrogens is 197 g/mol. The van der Waals surface area contributed by atoms with Gasteiger partial charge in [0, 0.05) is 5.02 Å². The molecule has 0 aliphatic heterocycles. The van der Waals surface area contributed by atoms with Crippen LogP contribution in [0.1, 0.15) is 11.3 Å². The van der Waals surface area contributed by atoms with E-state index in [9.17, 15) is 0 Å². The molecule has 1 aromatic carbocycles. The summed E-state index contributed by atoms with van der Waals surface area (Å²) in [4.78, 5) is 17.6. The minimum absolute atomic E-state index is 0.603. The van der Waals surface area contributed by atoms with Gasteiger partial charge in [-0.15, -0.1) is 0 Å². The molecule has 4 N–H and O–H groups in total. The Hall–Kier alpha value is -0.180. The first kappa shape index (κ1) is 9.90. The Labute approximate surface area is 76.7 Å². The van der Waals surface area contributed by atoms with Crippen molar-refractivity contribution >= 4 is 20.0 Å². The van der Waals surface area contributed by atoms with Crippen LogP contribution in [0.3, 0.4) is 0 Å². The van der Waals surface area contributed by atoms with Crippen LogP contribution in [0, 0.1) is 0 Å². The zero-order valence-electron chi connectivity index (χ0n) is 6.18. The lowest BCUT2D eigenvalue weighted by atomic mass is 10.2. The monoisotopic (exact) mass is 205 g/mol. The Morgan fingerprint density at radius 3 is 2.17 bits per heavy atom. The van der Waals surface area contributed by atoms with Crippen molar-refractivity contribution in [3.63, 3.8) is 0 Å². The van der Waals surface area contributed by atoms with Crippen molar-refractivity contribution in [2.75, 3.05) is 0 Å².